The van der Waals surface area contributed by atoms with Crippen LogP contribution in [-0.2, 0) is 12.8 Å². The van der Waals surface area contributed by atoms with Crippen LogP contribution >= 0.6 is 22.9 Å². The lowest BCUT2D eigenvalue weighted by Gasteiger charge is -2.33. The SMILES string of the molecule is COc1cc([N+](=O)[O-])ccc1-c1ccc(C=Nc2sc3c(c2C(=O)Nc2ccc(Cl)cc2)CC[C@H](C(C)(C)C)C3)o1. The van der Waals surface area contributed by atoms with Crippen molar-refractivity contribution in [2.45, 2.75) is 40.0 Å². The van der Waals surface area contributed by atoms with E-state index in [-0.39, 0.29) is 17.0 Å². The van der Waals surface area contributed by atoms with Gasteiger partial charge in [0.25, 0.3) is 11.6 Å². The molecule has 0 radical (unpaired) electrons. The summed E-state index contributed by atoms with van der Waals surface area (Å²) >= 11 is 7.57. The summed E-state index contributed by atoms with van der Waals surface area (Å²) in [5.74, 6) is 1.60. The molecule has 5 rings (SSSR count). The minimum absolute atomic E-state index is 0.0706. The third-order valence-electron chi connectivity index (χ3n) is 7.40. The van der Waals surface area contributed by atoms with E-state index in [1.165, 1.54) is 24.1 Å². The highest BCUT2D eigenvalue weighted by Crippen LogP contribution is 2.45. The first-order valence-corrected chi connectivity index (χ1v) is 14.4. The lowest BCUT2D eigenvalue weighted by Crippen LogP contribution is -2.27. The molecule has 0 aliphatic heterocycles. The summed E-state index contributed by atoms with van der Waals surface area (Å²) in [4.78, 5) is 30.2. The average Bonchev–Trinajstić information content (AvgIpc) is 3.56. The summed E-state index contributed by atoms with van der Waals surface area (Å²) in [7, 11) is 1.45. The molecular formula is C31H30ClN3O5S. The summed E-state index contributed by atoms with van der Waals surface area (Å²) in [5.41, 5.74) is 2.99. The molecule has 212 valence electrons. The second-order valence-corrected chi connectivity index (χ2v) is 12.6. The maximum atomic E-state index is 13.6. The number of anilines is 1. The number of thiophene rings is 1. The number of fused-ring (bicyclic) bond motifs is 1. The van der Waals surface area contributed by atoms with Crippen LogP contribution in [0.5, 0.6) is 5.75 Å². The minimum atomic E-state index is -0.475. The van der Waals surface area contributed by atoms with Crippen LogP contribution in [0.2, 0.25) is 5.02 Å². The first-order valence-electron chi connectivity index (χ1n) is 13.2. The van der Waals surface area contributed by atoms with Crippen molar-refractivity contribution in [3.63, 3.8) is 0 Å². The number of halogens is 1. The second-order valence-electron chi connectivity index (χ2n) is 11.1. The quantitative estimate of drug-likeness (QED) is 0.131. The van der Waals surface area contributed by atoms with Gasteiger partial charge in [-0.3, -0.25) is 14.9 Å². The van der Waals surface area contributed by atoms with E-state index in [0.717, 1.165) is 24.8 Å². The second kappa shape index (κ2) is 11.5. The van der Waals surface area contributed by atoms with Gasteiger partial charge in [0, 0.05) is 21.7 Å². The van der Waals surface area contributed by atoms with Crippen LogP contribution in [0.25, 0.3) is 11.3 Å². The number of carbonyl (C=O) groups excluding carboxylic acids is 1. The van der Waals surface area contributed by atoms with Crippen LogP contribution in [0.3, 0.4) is 0 Å². The van der Waals surface area contributed by atoms with Crippen molar-refractivity contribution >= 4 is 51.4 Å². The van der Waals surface area contributed by atoms with E-state index in [1.807, 2.05) is 0 Å². The third-order valence-corrected chi connectivity index (χ3v) is 8.81. The maximum Gasteiger partial charge on any atom is 0.273 e. The topological polar surface area (TPSA) is 107 Å². The zero-order valence-electron chi connectivity index (χ0n) is 23.2. The van der Waals surface area contributed by atoms with Crippen LogP contribution in [-0.4, -0.2) is 24.2 Å². The van der Waals surface area contributed by atoms with Gasteiger partial charge < -0.3 is 14.5 Å². The Balaban J connectivity index is 1.46. The number of carbonyl (C=O) groups is 1. The minimum Gasteiger partial charge on any atom is -0.496 e. The van der Waals surface area contributed by atoms with E-state index >= 15 is 0 Å². The van der Waals surface area contributed by atoms with E-state index in [1.54, 1.807) is 60.0 Å². The van der Waals surface area contributed by atoms with Crippen LogP contribution in [0.4, 0.5) is 16.4 Å². The highest BCUT2D eigenvalue weighted by molar-refractivity contribution is 7.16. The zero-order valence-corrected chi connectivity index (χ0v) is 24.8. The number of furan rings is 1. The smallest absolute Gasteiger partial charge is 0.273 e. The molecule has 0 saturated heterocycles. The fourth-order valence-corrected chi connectivity index (χ4v) is 6.44. The first kappa shape index (κ1) is 28.6. The largest absolute Gasteiger partial charge is 0.496 e. The number of amides is 1. The van der Waals surface area contributed by atoms with E-state index in [9.17, 15) is 14.9 Å². The Morgan fingerprint density at radius 1 is 1.20 bits per heavy atom. The number of nitrogens with one attached hydrogen (secondary N) is 1. The number of aliphatic imine (C=N–C) groups is 1. The van der Waals surface area contributed by atoms with Gasteiger partial charge in [0.05, 0.1) is 35.4 Å². The van der Waals surface area contributed by atoms with Gasteiger partial charge in [0.2, 0.25) is 0 Å². The normalized spacial score (nSPS) is 15.1. The molecule has 4 aromatic rings. The predicted molar refractivity (Wildman–Crippen MR) is 163 cm³/mol. The van der Waals surface area contributed by atoms with Crippen molar-refractivity contribution in [3.05, 3.63) is 91.5 Å². The molecule has 41 heavy (non-hydrogen) atoms. The van der Waals surface area contributed by atoms with Gasteiger partial charge in [-0.1, -0.05) is 32.4 Å². The summed E-state index contributed by atoms with van der Waals surface area (Å²) in [6.07, 6.45) is 4.33. The summed E-state index contributed by atoms with van der Waals surface area (Å²) in [6.45, 7) is 6.79. The summed E-state index contributed by atoms with van der Waals surface area (Å²) in [6, 6.07) is 14.9. The molecule has 1 atom stereocenters. The Labute approximate surface area is 247 Å². The van der Waals surface area contributed by atoms with Gasteiger partial charge >= 0.3 is 0 Å². The zero-order chi connectivity index (χ0) is 29.3. The molecule has 1 amide bonds. The molecule has 1 aliphatic rings. The van der Waals surface area contributed by atoms with Crippen molar-refractivity contribution in [3.8, 4) is 17.1 Å². The number of methoxy groups -OCH3 is 1. The Kier molecular flexibility index (Phi) is 8.02. The summed E-state index contributed by atoms with van der Waals surface area (Å²) < 4.78 is 11.4. The molecule has 0 spiro atoms. The van der Waals surface area contributed by atoms with Gasteiger partial charge in [-0.05, 0) is 78.6 Å². The summed E-state index contributed by atoms with van der Waals surface area (Å²) in [5, 5.41) is 15.4. The molecule has 1 N–H and O–H groups in total. The van der Waals surface area contributed by atoms with Crippen molar-refractivity contribution < 1.29 is 18.9 Å². The molecule has 8 nitrogen and oxygen atoms in total. The lowest BCUT2D eigenvalue weighted by atomic mass is 9.72. The van der Waals surface area contributed by atoms with Gasteiger partial charge in [-0.2, -0.15) is 0 Å². The van der Waals surface area contributed by atoms with Crippen molar-refractivity contribution in [2.75, 3.05) is 12.4 Å². The fourth-order valence-electron chi connectivity index (χ4n) is 5.05. The number of hydrogen-bond acceptors (Lipinski definition) is 7. The monoisotopic (exact) mass is 591 g/mol. The van der Waals surface area contributed by atoms with E-state index < -0.39 is 4.92 Å². The molecule has 2 aromatic carbocycles. The number of ether oxygens (including phenoxy) is 1. The Hall–Kier alpha value is -3.95. The molecule has 0 saturated carbocycles. The average molecular weight is 592 g/mol. The highest BCUT2D eigenvalue weighted by atomic mass is 35.5. The van der Waals surface area contributed by atoms with Crippen LogP contribution in [0.15, 0.2) is 64.0 Å². The van der Waals surface area contributed by atoms with Crippen molar-refractivity contribution in [2.24, 2.45) is 16.3 Å². The molecule has 1 aliphatic carbocycles. The van der Waals surface area contributed by atoms with Gasteiger partial charge in [0.15, 0.2) is 0 Å². The Bertz CT molecular complexity index is 1630. The number of benzene rings is 2. The number of nitrogens with zero attached hydrogens (tertiary/aromatic N) is 2. The fraction of sp³-hybridized carbons (Fsp3) is 0.290. The van der Waals surface area contributed by atoms with Crippen LogP contribution in [0, 0.1) is 21.4 Å². The number of non-ortho nitro benzene ring substituents is 1. The number of hydrogen-bond donors (Lipinski definition) is 1. The molecule has 2 heterocycles. The van der Waals surface area contributed by atoms with Crippen molar-refractivity contribution in [1.29, 1.82) is 0 Å². The standard InChI is InChI=1S/C31H30ClN3O5S/c1-31(2,3)18-5-12-24-27(15-18)41-30(28(24)29(36)34-20-8-6-19(32)7-9-20)33-17-22-11-14-25(40-22)23-13-10-21(35(37)38)16-26(23)39-4/h6-11,13-14,16-18H,5,12,15H2,1-4H3,(H,34,36)/t18-/m0/s1. The third kappa shape index (κ3) is 6.21. The van der Waals surface area contributed by atoms with Gasteiger partial charge in [-0.25, -0.2) is 4.99 Å². The first-order chi connectivity index (χ1) is 19.5. The lowest BCUT2D eigenvalue weighted by molar-refractivity contribution is -0.384. The van der Waals surface area contributed by atoms with Crippen LogP contribution in [0.1, 0.15) is 53.8 Å². The van der Waals surface area contributed by atoms with Gasteiger partial charge in [0.1, 0.15) is 22.3 Å². The Morgan fingerprint density at radius 2 is 1.95 bits per heavy atom. The van der Waals surface area contributed by atoms with E-state index in [4.69, 9.17) is 25.7 Å². The number of nitro benzene ring substituents is 1. The van der Waals surface area contributed by atoms with E-state index in [0.29, 0.717) is 50.0 Å². The predicted octanol–water partition coefficient (Wildman–Crippen LogP) is 8.73. The highest BCUT2D eigenvalue weighted by Gasteiger charge is 2.33. The van der Waals surface area contributed by atoms with Crippen LogP contribution < -0.4 is 10.1 Å². The molecule has 0 fully saturated rings. The Morgan fingerprint density at radius 3 is 2.63 bits per heavy atom. The maximum absolute atomic E-state index is 13.6. The molecule has 0 unspecified atom stereocenters. The van der Waals surface area contributed by atoms with Gasteiger partial charge in [-0.15, -0.1) is 11.3 Å². The van der Waals surface area contributed by atoms with E-state index in [2.05, 4.69) is 26.1 Å². The number of rotatable bonds is 7. The molecular weight excluding hydrogens is 562 g/mol. The number of nitro groups is 1. The molecule has 0 bridgehead atoms. The molecule has 10 heteroatoms. The van der Waals surface area contributed by atoms with Crippen molar-refractivity contribution in [1.82, 2.24) is 0 Å². The molecule has 2 aromatic heterocycles.